The highest BCUT2D eigenvalue weighted by molar-refractivity contribution is 6.01. The maximum atomic E-state index is 13.0. The van der Waals surface area contributed by atoms with Crippen LogP contribution in [0.4, 0.5) is 13.2 Å². The van der Waals surface area contributed by atoms with Crippen LogP contribution in [0.15, 0.2) is 48.5 Å². The predicted molar refractivity (Wildman–Crippen MR) is 99.5 cm³/mol. The van der Waals surface area contributed by atoms with Crippen molar-refractivity contribution in [3.05, 3.63) is 59.7 Å². The smallest absolute Gasteiger partial charge is 0.339 e. The van der Waals surface area contributed by atoms with E-state index < -0.39 is 11.7 Å². The highest BCUT2D eigenvalue weighted by Crippen LogP contribution is 2.32. The maximum Gasteiger partial charge on any atom is 0.416 e. The Morgan fingerprint density at radius 3 is 2.15 bits per heavy atom. The minimum Gasteiger partial charge on any atom is -0.339 e. The van der Waals surface area contributed by atoms with Crippen LogP contribution >= 0.6 is 0 Å². The van der Waals surface area contributed by atoms with E-state index in [0.29, 0.717) is 35.8 Å². The quantitative estimate of drug-likeness (QED) is 0.785. The minimum absolute atomic E-state index is 0.0669. The molecule has 3 nitrogen and oxygen atoms in total. The van der Waals surface area contributed by atoms with Crippen LogP contribution in [-0.4, -0.2) is 48.9 Å². The lowest BCUT2D eigenvalue weighted by molar-refractivity contribution is -0.137. The Morgan fingerprint density at radius 1 is 1.00 bits per heavy atom. The van der Waals surface area contributed by atoms with Gasteiger partial charge in [0.1, 0.15) is 0 Å². The lowest BCUT2D eigenvalue weighted by Gasteiger charge is -2.35. The van der Waals surface area contributed by atoms with Crippen LogP contribution in [0.3, 0.4) is 0 Å². The standard InChI is InChI=1S/C21H23F3N2O/c1-25(2)17-11-13-26(14-12-17)20(27)19-6-4-3-5-18(19)15-7-9-16(10-8-15)21(22,23)24/h3-10,17H,11-14H2,1-2H3. The largest absolute Gasteiger partial charge is 0.416 e. The van der Waals surface area contributed by atoms with Gasteiger partial charge in [-0.25, -0.2) is 0 Å². The van der Waals surface area contributed by atoms with Crippen LogP contribution in [0, 0.1) is 0 Å². The van der Waals surface area contributed by atoms with Crippen LogP contribution in [-0.2, 0) is 6.18 Å². The van der Waals surface area contributed by atoms with Crippen molar-refractivity contribution < 1.29 is 18.0 Å². The van der Waals surface area contributed by atoms with Gasteiger partial charge in [0.15, 0.2) is 0 Å². The molecule has 144 valence electrons. The number of hydrogen-bond acceptors (Lipinski definition) is 2. The number of alkyl halides is 3. The Morgan fingerprint density at radius 2 is 1.59 bits per heavy atom. The van der Waals surface area contributed by atoms with Crippen molar-refractivity contribution in [1.82, 2.24) is 9.80 Å². The number of carbonyl (C=O) groups is 1. The molecule has 0 aliphatic carbocycles. The van der Waals surface area contributed by atoms with E-state index >= 15 is 0 Å². The first-order chi connectivity index (χ1) is 12.8. The SMILES string of the molecule is CN(C)C1CCN(C(=O)c2ccccc2-c2ccc(C(F)(F)F)cc2)CC1. The molecule has 6 heteroatoms. The van der Waals surface area contributed by atoms with Crippen LogP contribution in [0.25, 0.3) is 11.1 Å². The van der Waals surface area contributed by atoms with Crippen molar-refractivity contribution in [2.75, 3.05) is 27.2 Å². The Labute approximate surface area is 157 Å². The van der Waals surface area contributed by atoms with E-state index in [4.69, 9.17) is 0 Å². The summed E-state index contributed by atoms with van der Waals surface area (Å²) in [5, 5.41) is 0. The summed E-state index contributed by atoms with van der Waals surface area (Å²) in [4.78, 5) is 17.0. The fourth-order valence-corrected chi connectivity index (χ4v) is 3.52. The summed E-state index contributed by atoms with van der Waals surface area (Å²) in [6.45, 7) is 1.37. The molecule has 3 rings (SSSR count). The lowest BCUT2D eigenvalue weighted by atomic mass is 9.96. The first-order valence-electron chi connectivity index (χ1n) is 8.99. The molecular weight excluding hydrogens is 353 g/mol. The average molecular weight is 376 g/mol. The number of nitrogens with zero attached hydrogens (tertiary/aromatic N) is 2. The van der Waals surface area contributed by atoms with E-state index in [-0.39, 0.29) is 5.91 Å². The van der Waals surface area contributed by atoms with Gasteiger partial charge in [-0.1, -0.05) is 30.3 Å². The first-order valence-corrected chi connectivity index (χ1v) is 8.99. The molecule has 0 unspecified atom stereocenters. The van der Waals surface area contributed by atoms with Crippen LogP contribution in [0.1, 0.15) is 28.8 Å². The van der Waals surface area contributed by atoms with Crippen LogP contribution < -0.4 is 0 Å². The van der Waals surface area contributed by atoms with Gasteiger partial charge in [0.05, 0.1) is 5.56 Å². The molecule has 0 bridgehead atoms. The van der Waals surface area contributed by atoms with Crippen LogP contribution in [0.5, 0.6) is 0 Å². The number of benzene rings is 2. The van der Waals surface area contributed by atoms with Crippen molar-refractivity contribution in [1.29, 1.82) is 0 Å². The molecule has 0 atom stereocenters. The average Bonchev–Trinajstić information content (AvgIpc) is 2.67. The predicted octanol–water partition coefficient (Wildman–Crippen LogP) is 4.54. The molecule has 0 aromatic heterocycles. The topological polar surface area (TPSA) is 23.6 Å². The number of amides is 1. The van der Waals surface area contributed by atoms with Crippen molar-refractivity contribution in [2.45, 2.75) is 25.1 Å². The molecule has 0 N–H and O–H groups in total. The third-order valence-corrected chi connectivity index (χ3v) is 5.16. The minimum atomic E-state index is -4.37. The number of piperidine rings is 1. The van der Waals surface area contributed by atoms with E-state index in [0.717, 1.165) is 25.0 Å². The highest BCUT2D eigenvalue weighted by Gasteiger charge is 2.30. The number of carbonyl (C=O) groups excluding carboxylic acids is 1. The lowest BCUT2D eigenvalue weighted by Crippen LogP contribution is -2.44. The van der Waals surface area contributed by atoms with Crippen molar-refractivity contribution in [3.8, 4) is 11.1 Å². The molecule has 1 amide bonds. The van der Waals surface area contributed by atoms with Gasteiger partial charge < -0.3 is 9.80 Å². The summed E-state index contributed by atoms with van der Waals surface area (Å²) in [6, 6.07) is 12.5. The molecule has 1 aliphatic rings. The second-order valence-electron chi connectivity index (χ2n) is 7.11. The number of hydrogen-bond donors (Lipinski definition) is 0. The van der Waals surface area contributed by atoms with Crippen LogP contribution in [0.2, 0.25) is 0 Å². The molecule has 1 fully saturated rings. The Bertz CT molecular complexity index is 792. The molecule has 1 heterocycles. The van der Waals surface area contributed by atoms with Gasteiger partial charge in [-0.2, -0.15) is 13.2 Å². The summed E-state index contributed by atoms with van der Waals surface area (Å²) in [7, 11) is 4.09. The van der Waals surface area contributed by atoms with Crippen molar-refractivity contribution in [2.24, 2.45) is 0 Å². The third-order valence-electron chi connectivity index (χ3n) is 5.16. The van der Waals surface area contributed by atoms with Crippen molar-refractivity contribution in [3.63, 3.8) is 0 Å². The number of rotatable bonds is 3. The summed E-state index contributed by atoms with van der Waals surface area (Å²) in [5.74, 6) is -0.0669. The fraction of sp³-hybridized carbons (Fsp3) is 0.381. The molecule has 2 aromatic carbocycles. The highest BCUT2D eigenvalue weighted by atomic mass is 19.4. The van der Waals surface area contributed by atoms with E-state index in [9.17, 15) is 18.0 Å². The van der Waals surface area contributed by atoms with E-state index in [1.165, 1.54) is 12.1 Å². The Kier molecular flexibility index (Phi) is 5.56. The van der Waals surface area contributed by atoms with E-state index in [1.807, 2.05) is 19.0 Å². The normalized spacial score (nSPS) is 16.0. The van der Waals surface area contributed by atoms with Gasteiger partial charge >= 0.3 is 6.18 Å². The summed E-state index contributed by atoms with van der Waals surface area (Å²) in [5.41, 5.74) is 1.10. The molecule has 27 heavy (non-hydrogen) atoms. The zero-order valence-electron chi connectivity index (χ0n) is 15.5. The molecule has 1 saturated heterocycles. The second kappa shape index (κ2) is 7.72. The Balaban J connectivity index is 1.83. The summed E-state index contributed by atoms with van der Waals surface area (Å²) in [6.07, 6.45) is -2.53. The molecule has 0 saturated carbocycles. The first kappa shape index (κ1) is 19.4. The molecule has 1 aliphatic heterocycles. The van der Waals surface area contributed by atoms with Gasteiger partial charge in [0.25, 0.3) is 5.91 Å². The van der Waals surface area contributed by atoms with Crippen molar-refractivity contribution >= 4 is 5.91 Å². The van der Waals surface area contributed by atoms with E-state index in [1.54, 1.807) is 24.3 Å². The maximum absolute atomic E-state index is 13.0. The summed E-state index contributed by atoms with van der Waals surface area (Å²) >= 11 is 0. The number of likely N-dealkylation sites (tertiary alicyclic amines) is 1. The van der Waals surface area contributed by atoms with Gasteiger partial charge in [-0.3, -0.25) is 4.79 Å². The Hall–Kier alpha value is -2.34. The van der Waals surface area contributed by atoms with Gasteiger partial charge in [-0.15, -0.1) is 0 Å². The fourth-order valence-electron chi connectivity index (χ4n) is 3.52. The van der Waals surface area contributed by atoms with Gasteiger partial charge in [0, 0.05) is 24.7 Å². The van der Waals surface area contributed by atoms with Gasteiger partial charge in [0.2, 0.25) is 0 Å². The molecule has 2 aromatic rings. The summed E-state index contributed by atoms with van der Waals surface area (Å²) < 4.78 is 38.4. The second-order valence-corrected chi connectivity index (χ2v) is 7.11. The monoisotopic (exact) mass is 376 g/mol. The third kappa shape index (κ3) is 4.33. The molecular formula is C21H23F3N2O. The zero-order valence-corrected chi connectivity index (χ0v) is 15.5. The van der Waals surface area contributed by atoms with E-state index in [2.05, 4.69) is 4.90 Å². The number of halogens is 3. The zero-order chi connectivity index (χ0) is 19.6. The molecule has 0 spiro atoms. The molecule has 0 radical (unpaired) electrons. The van der Waals surface area contributed by atoms with Gasteiger partial charge in [-0.05, 0) is 56.3 Å².